The van der Waals surface area contributed by atoms with E-state index < -0.39 is 0 Å². The average molecular weight is 667 g/mol. The minimum absolute atomic E-state index is 0.00898. The lowest BCUT2D eigenvalue weighted by Crippen LogP contribution is -2.28. The van der Waals surface area contributed by atoms with Crippen molar-refractivity contribution < 1.29 is 9.30 Å². The number of para-hydroxylation sites is 1. The van der Waals surface area contributed by atoms with Crippen molar-refractivity contribution >= 4 is 21.8 Å². The van der Waals surface area contributed by atoms with Crippen LogP contribution in [-0.2, 0) is 11.8 Å². The molecule has 5 aromatic carbocycles. The van der Waals surface area contributed by atoms with Crippen molar-refractivity contribution in [1.82, 2.24) is 14.1 Å². The van der Waals surface area contributed by atoms with Gasteiger partial charge in [0.2, 0.25) is 0 Å². The highest BCUT2D eigenvalue weighted by molar-refractivity contribution is 6.09. The summed E-state index contributed by atoms with van der Waals surface area (Å²) >= 11 is 0. The molecule has 5 nitrogen and oxygen atoms in total. The molecule has 0 spiro atoms. The van der Waals surface area contributed by atoms with E-state index in [1.54, 1.807) is 0 Å². The van der Waals surface area contributed by atoms with E-state index in [2.05, 4.69) is 172 Å². The summed E-state index contributed by atoms with van der Waals surface area (Å²) in [5, 5.41) is 2.35. The van der Waals surface area contributed by atoms with Gasteiger partial charge in [-0.2, -0.15) is 0 Å². The molecule has 8 rings (SSSR count). The first-order valence-corrected chi connectivity index (χ1v) is 17.7. The van der Waals surface area contributed by atoms with Gasteiger partial charge >= 0.3 is 0 Å². The fourth-order valence-corrected chi connectivity index (χ4v) is 6.90. The summed E-state index contributed by atoms with van der Waals surface area (Å²) in [5.41, 5.74) is 9.21. The first-order valence-electron chi connectivity index (χ1n) is 17.7. The van der Waals surface area contributed by atoms with Gasteiger partial charge in [0.15, 0.2) is 0 Å². The zero-order valence-electron chi connectivity index (χ0n) is 29.8. The highest BCUT2D eigenvalue weighted by Crippen LogP contribution is 2.36. The van der Waals surface area contributed by atoms with Gasteiger partial charge in [0, 0.05) is 35.4 Å². The number of pyridine rings is 1. The molecule has 0 N–H and O–H groups in total. The lowest BCUT2D eigenvalue weighted by Gasteiger charge is -2.20. The van der Waals surface area contributed by atoms with Crippen molar-refractivity contribution in [3.05, 3.63) is 163 Å². The zero-order valence-corrected chi connectivity index (χ0v) is 29.8. The van der Waals surface area contributed by atoms with Gasteiger partial charge in [-0.25, -0.2) is 4.98 Å². The summed E-state index contributed by atoms with van der Waals surface area (Å²) in [6, 6.07) is 44.7. The highest BCUT2D eigenvalue weighted by Gasteiger charge is 2.18. The third-order valence-corrected chi connectivity index (χ3v) is 9.40. The molecule has 51 heavy (non-hydrogen) atoms. The summed E-state index contributed by atoms with van der Waals surface area (Å²) in [6.07, 6.45) is 10.6. The van der Waals surface area contributed by atoms with Gasteiger partial charge in [0.05, 0.1) is 22.4 Å². The van der Waals surface area contributed by atoms with Gasteiger partial charge in [-0.3, -0.25) is 13.7 Å². The van der Waals surface area contributed by atoms with E-state index in [9.17, 15) is 0 Å². The quantitative estimate of drug-likeness (QED) is 0.120. The monoisotopic (exact) mass is 666 g/mol. The van der Waals surface area contributed by atoms with Gasteiger partial charge in [-0.05, 0) is 95.1 Å². The maximum absolute atomic E-state index is 6.55. The molecule has 0 bridgehead atoms. The van der Waals surface area contributed by atoms with Crippen LogP contribution in [-0.4, -0.2) is 14.1 Å². The highest BCUT2D eigenvalue weighted by atomic mass is 16.5. The number of imidazole rings is 1. The third kappa shape index (κ3) is 6.55. The summed E-state index contributed by atoms with van der Waals surface area (Å²) in [7, 11) is 0. The number of ether oxygens (including phenoxy) is 1. The predicted octanol–water partition coefficient (Wildman–Crippen LogP) is 11.0. The Labute approximate surface area is 300 Å². The largest absolute Gasteiger partial charge is 0.458 e. The summed E-state index contributed by atoms with van der Waals surface area (Å²) in [4.78, 5) is 4.83. The summed E-state index contributed by atoms with van der Waals surface area (Å²) < 4.78 is 12.9. The van der Waals surface area contributed by atoms with E-state index in [4.69, 9.17) is 9.72 Å². The first kappa shape index (κ1) is 32.3. The van der Waals surface area contributed by atoms with E-state index in [1.165, 1.54) is 27.6 Å². The van der Waals surface area contributed by atoms with Crippen LogP contribution < -0.4 is 9.30 Å². The van der Waals surface area contributed by atoms with Crippen LogP contribution in [0.25, 0.3) is 50.1 Å². The number of hydrogen-bond donors (Lipinski definition) is 0. The van der Waals surface area contributed by atoms with E-state index in [0.717, 1.165) is 51.5 Å². The molecule has 0 fully saturated rings. The van der Waals surface area contributed by atoms with Crippen molar-refractivity contribution in [1.29, 1.82) is 0 Å². The second kappa shape index (κ2) is 13.1. The summed E-state index contributed by atoms with van der Waals surface area (Å²) in [6.45, 7) is 11.2. The molecule has 0 radical (unpaired) electrons. The molecule has 0 saturated carbocycles. The number of nitrogens with zero attached hydrogens (tertiary/aromatic N) is 4. The first-order chi connectivity index (χ1) is 24.7. The van der Waals surface area contributed by atoms with Gasteiger partial charge in [0.1, 0.15) is 17.3 Å². The molecule has 252 valence electrons. The van der Waals surface area contributed by atoms with Gasteiger partial charge in [-0.15, -0.1) is 0 Å². The smallest absolute Gasteiger partial charge is 0.268 e. The van der Waals surface area contributed by atoms with Gasteiger partial charge < -0.3 is 4.74 Å². The molecule has 8 aromatic rings. The second-order valence-corrected chi connectivity index (χ2v) is 14.8. The van der Waals surface area contributed by atoms with Crippen LogP contribution in [0.2, 0.25) is 0 Å². The average Bonchev–Trinajstić information content (AvgIpc) is 3.75. The standard InChI is InChI=1S/C46H42N4O/c1-32(2)24-33-25-35(34-12-7-6-8-13-34)27-38(26-33)49-23-22-48(31-49)37-14-11-15-39(29-37)51-40-18-19-42-41-16-9-10-17-43(41)50(44(42)30-40)45-28-36(20-21-47-45)46(3,4)5/h6-23,25-30,32H,24H2,1-5H3. The number of rotatable bonds is 8. The molecule has 3 aromatic heterocycles. The van der Waals surface area contributed by atoms with Crippen molar-refractivity contribution in [2.75, 3.05) is 0 Å². The molecule has 0 aliphatic rings. The Morgan fingerprint density at radius 2 is 1.51 bits per heavy atom. The Hall–Kier alpha value is -5.94. The lowest BCUT2D eigenvalue weighted by molar-refractivity contribution is -0.599. The normalized spacial score (nSPS) is 11.9. The topological polar surface area (TPSA) is 35.9 Å². The van der Waals surface area contributed by atoms with Crippen LogP contribution in [0, 0.1) is 12.2 Å². The van der Waals surface area contributed by atoms with Crippen molar-refractivity contribution in [3.63, 3.8) is 0 Å². The minimum Gasteiger partial charge on any atom is -0.458 e. The van der Waals surface area contributed by atoms with E-state index >= 15 is 0 Å². The Morgan fingerprint density at radius 1 is 0.725 bits per heavy atom. The maximum Gasteiger partial charge on any atom is 0.268 e. The molecule has 3 heterocycles. The molecular weight excluding hydrogens is 625 g/mol. The predicted molar refractivity (Wildman–Crippen MR) is 207 cm³/mol. The Balaban J connectivity index is 1.12. The summed E-state index contributed by atoms with van der Waals surface area (Å²) in [5.74, 6) is 2.97. The third-order valence-electron chi connectivity index (χ3n) is 9.40. The van der Waals surface area contributed by atoms with Crippen molar-refractivity contribution in [2.24, 2.45) is 5.92 Å². The van der Waals surface area contributed by atoms with Crippen LogP contribution >= 0.6 is 0 Å². The van der Waals surface area contributed by atoms with Crippen LogP contribution in [0.5, 0.6) is 11.5 Å². The number of fused-ring (bicyclic) bond motifs is 3. The molecule has 0 aliphatic heterocycles. The van der Waals surface area contributed by atoms with E-state index in [0.29, 0.717) is 5.92 Å². The molecular formula is C46H42N4O. The molecule has 0 atom stereocenters. The Kier molecular flexibility index (Phi) is 8.27. The van der Waals surface area contributed by atoms with Crippen LogP contribution in [0.4, 0.5) is 0 Å². The SMILES string of the molecule is CC(C)Cc1cc(-c2ccccc2)cc(-[n+]2[c-]n(-c3cccc(Oc4ccc5c6ccccc6n(-c6cc(C(C)(C)C)ccn6)c5c4)c3)cc2)c1. The van der Waals surface area contributed by atoms with Crippen LogP contribution in [0.3, 0.4) is 0 Å². The Bertz CT molecular complexity index is 2500. The zero-order chi connectivity index (χ0) is 35.1. The minimum atomic E-state index is 0.00898. The maximum atomic E-state index is 6.55. The Morgan fingerprint density at radius 3 is 2.33 bits per heavy atom. The van der Waals surface area contributed by atoms with Gasteiger partial charge in [-0.1, -0.05) is 101 Å². The lowest BCUT2D eigenvalue weighted by atomic mass is 9.88. The second-order valence-electron chi connectivity index (χ2n) is 14.8. The fraction of sp³-hybridized carbons (Fsp3) is 0.174. The van der Waals surface area contributed by atoms with Crippen molar-refractivity contribution in [2.45, 2.75) is 46.5 Å². The molecule has 0 saturated heterocycles. The number of hydrogen-bond acceptors (Lipinski definition) is 2. The molecule has 5 heteroatoms. The van der Waals surface area contributed by atoms with Crippen molar-refractivity contribution in [3.8, 4) is 39.8 Å². The number of aromatic nitrogens is 4. The van der Waals surface area contributed by atoms with E-state index in [-0.39, 0.29) is 5.41 Å². The van der Waals surface area contributed by atoms with Crippen LogP contribution in [0.1, 0.15) is 45.7 Å². The molecule has 0 aliphatic carbocycles. The molecule has 0 unspecified atom stereocenters. The van der Waals surface area contributed by atoms with Gasteiger partial charge in [0.25, 0.3) is 6.33 Å². The molecule has 0 amide bonds. The van der Waals surface area contributed by atoms with E-state index in [1.807, 2.05) is 29.1 Å². The van der Waals surface area contributed by atoms with Crippen LogP contribution in [0.15, 0.2) is 146 Å². The fourth-order valence-electron chi connectivity index (χ4n) is 6.90. The number of benzene rings is 5.